The van der Waals surface area contributed by atoms with Crippen molar-refractivity contribution >= 4 is 49.4 Å². The molecule has 0 bridgehead atoms. The van der Waals surface area contributed by atoms with E-state index in [1.165, 1.54) is 27.2 Å². The minimum atomic E-state index is -0.165. The van der Waals surface area contributed by atoms with Crippen molar-refractivity contribution in [1.82, 2.24) is 14.4 Å². The number of nitrogens with one attached hydrogen (secondary N) is 1. The van der Waals surface area contributed by atoms with E-state index in [0.717, 1.165) is 38.0 Å². The van der Waals surface area contributed by atoms with Gasteiger partial charge in [0.05, 0.1) is 15.9 Å². The van der Waals surface area contributed by atoms with Crippen LogP contribution in [0.5, 0.6) is 0 Å². The van der Waals surface area contributed by atoms with Crippen LogP contribution in [0.3, 0.4) is 0 Å². The van der Waals surface area contributed by atoms with Crippen molar-refractivity contribution in [2.24, 2.45) is 0 Å². The topological polar surface area (TPSA) is 59.3 Å². The summed E-state index contributed by atoms with van der Waals surface area (Å²) in [5, 5.41) is 5.82. The molecular weight excluding hydrogens is 460 g/mol. The molecular formula is C27H20N4OS2. The van der Waals surface area contributed by atoms with Crippen molar-refractivity contribution in [2.45, 2.75) is 13.8 Å². The van der Waals surface area contributed by atoms with E-state index in [1.807, 2.05) is 40.2 Å². The van der Waals surface area contributed by atoms with Gasteiger partial charge < -0.3 is 5.32 Å². The fourth-order valence-corrected chi connectivity index (χ4v) is 5.78. The molecule has 6 aromatic rings. The summed E-state index contributed by atoms with van der Waals surface area (Å²) in [4.78, 5) is 23.2. The highest BCUT2D eigenvalue weighted by Gasteiger charge is 2.16. The maximum atomic E-state index is 13.0. The van der Waals surface area contributed by atoms with E-state index in [9.17, 15) is 4.79 Å². The predicted octanol–water partition coefficient (Wildman–Crippen LogP) is 7.21. The minimum absolute atomic E-state index is 0.165. The minimum Gasteiger partial charge on any atom is -0.321 e. The van der Waals surface area contributed by atoms with E-state index in [4.69, 9.17) is 4.98 Å². The number of benzene rings is 3. The normalized spacial score (nSPS) is 11.4. The van der Waals surface area contributed by atoms with Gasteiger partial charge in [-0.05, 0) is 55.8 Å². The Morgan fingerprint density at radius 3 is 2.41 bits per heavy atom. The Bertz CT molecular complexity index is 1660. The molecule has 6 rings (SSSR count). The molecule has 0 saturated carbocycles. The molecule has 3 heterocycles. The van der Waals surface area contributed by atoms with Gasteiger partial charge in [0.25, 0.3) is 5.91 Å². The Kier molecular flexibility index (Phi) is 5.01. The number of hydrogen-bond acceptors (Lipinski definition) is 5. The molecule has 166 valence electrons. The molecule has 3 aromatic carbocycles. The molecule has 0 aliphatic rings. The number of carbonyl (C=O) groups excluding carboxylic acids is 1. The second-order valence-electron chi connectivity index (χ2n) is 8.29. The molecule has 0 saturated heterocycles. The summed E-state index contributed by atoms with van der Waals surface area (Å²) in [6.07, 6.45) is 1.92. The van der Waals surface area contributed by atoms with E-state index < -0.39 is 0 Å². The molecule has 0 fully saturated rings. The summed E-state index contributed by atoms with van der Waals surface area (Å²) < 4.78 is 3.03. The van der Waals surface area contributed by atoms with Crippen molar-refractivity contribution in [3.63, 3.8) is 0 Å². The molecule has 5 nitrogen and oxygen atoms in total. The van der Waals surface area contributed by atoms with E-state index in [0.29, 0.717) is 5.69 Å². The van der Waals surface area contributed by atoms with Crippen molar-refractivity contribution in [1.29, 1.82) is 0 Å². The smallest absolute Gasteiger partial charge is 0.273 e. The molecule has 0 spiro atoms. The average Bonchev–Trinajstić information content (AvgIpc) is 3.54. The number of aryl methyl sites for hydroxylation is 2. The third-order valence-electron chi connectivity index (χ3n) is 5.72. The third-order valence-corrected chi connectivity index (χ3v) is 7.63. The van der Waals surface area contributed by atoms with Gasteiger partial charge in [0.15, 0.2) is 4.96 Å². The number of rotatable bonds is 4. The summed E-state index contributed by atoms with van der Waals surface area (Å²) in [5.74, 6) is -0.165. The fourth-order valence-electron chi connectivity index (χ4n) is 3.86. The maximum absolute atomic E-state index is 13.0. The van der Waals surface area contributed by atoms with Crippen molar-refractivity contribution in [3.8, 4) is 21.8 Å². The van der Waals surface area contributed by atoms with Crippen molar-refractivity contribution in [2.75, 3.05) is 5.32 Å². The molecule has 3 aromatic heterocycles. The van der Waals surface area contributed by atoms with Gasteiger partial charge in [-0.2, -0.15) is 0 Å². The number of nitrogens with zero attached hydrogens (tertiary/aromatic N) is 3. The molecule has 7 heteroatoms. The Labute approximate surface area is 204 Å². The summed E-state index contributed by atoms with van der Waals surface area (Å²) in [6.45, 7) is 4.15. The van der Waals surface area contributed by atoms with Crippen LogP contribution in [-0.2, 0) is 0 Å². The highest BCUT2D eigenvalue weighted by molar-refractivity contribution is 7.21. The molecule has 0 atom stereocenters. The van der Waals surface area contributed by atoms with Gasteiger partial charge in [0.2, 0.25) is 0 Å². The van der Waals surface area contributed by atoms with Crippen LogP contribution in [0.15, 0.2) is 78.3 Å². The highest BCUT2D eigenvalue weighted by atomic mass is 32.1. The fraction of sp³-hybridized carbons (Fsp3) is 0.0741. The first-order valence-electron chi connectivity index (χ1n) is 10.9. The van der Waals surface area contributed by atoms with Crippen LogP contribution < -0.4 is 5.32 Å². The van der Waals surface area contributed by atoms with Gasteiger partial charge in [-0.1, -0.05) is 35.9 Å². The van der Waals surface area contributed by atoms with Crippen LogP contribution in [0.25, 0.3) is 37.0 Å². The predicted molar refractivity (Wildman–Crippen MR) is 141 cm³/mol. The molecule has 0 aliphatic carbocycles. The van der Waals surface area contributed by atoms with Crippen LogP contribution in [0, 0.1) is 13.8 Å². The van der Waals surface area contributed by atoms with Crippen LogP contribution in [0.1, 0.15) is 21.6 Å². The first-order valence-corrected chi connectivity index (χ1v) is 12.6. The summed E-state index contributed by atoms with van der Waals surface area (Å²) in [5.41, 5.74) is 7.67. The standard InChI is InChI=1S/C27H20N4OS2/c1-16-3-6-18(7-4-16)22-14-31-23(15-33-27(31)30-22)25(32)28-20-10-8-19(9-11-20)26-29-21-12-5-17(2)13-24(21)34-26/h3-15H,1-2H3,(H,28,32). The average molecular weight is 481 g/mol. The lowest BCUT2D eigenvalue weighted by molar-refractivity contribution is 0.102. The number of aromatic nitrogens is 3. The summed E-state index contributed by atoms with van der Waals surface area (Å²) >= 11 is 3.14. The lowest BCUT2D eigenvalue weighted by atomic mass is 10.1. The van der Waals surface area contributed by atoms with Gasteiger partial charge in [-0.25, -0.2) is 9.97 Å². The second kappa shape index (κ2) is 8.20. The summed E-state index contributed by atoms with van der Waals surface area (Å²) in [7, 11) is 0. The molecule has 0 unspecified atom stereocenters. The van der Waals surface area contributed by atoms with E-state index in [-0.39, 0.29) is 5.91 Å². The quantitative estimate of drug-likeness (QED) is 0.290. The molecule has 0 radical (unpaired) electrons. The van der Waals surface area contributed by atoms with Crippen LogP contribution in [0.4, 0.5) is 5.69 Å². The van der Waals surface area contributed by atoms with E-state index in [2.05, 4.69) is 66.6 Å². The first kappa shape index (κ1) is 20.8. The van der Waals surface area contributed by atoms with Crippen molar-refractivity contribution < 1.29 is 4.79 Å². The zero-order chi connectivity index (χ0) is 23.2. The van der Waals surface area contributed by atoms with Gasteiger partial charge in [0.1, 0.15) is 10.7 Å². The monoisotopic (exact) mass is 480 g/mol. The van der Waals surface area contributed by atoms with Gasteiger partial charge in [0, 0.05) is 28.4 Å². The van der Waals surface area contributed by atoms with Gasteiger partial charge in [-0.3, -0.25) is 9.20 Å². The van der Waals surface area contributed by atoms with Crippen LogP contribution in [-0.4, -0.2) is 20.3 Å². The molecule has 34 heavy (non-hydrogen) atoms. The SMILES string of the molecule is Cc1ccc(-c2cn3c(C(=O)Nc4ccc(-c5nc6ccc(C)cc6s5)cc4)csc3n2)cc1. The Balaban J connectivity index is 1.23. The van der Waals surface area contributed by atoms with E-state index in [1.54, 1.807) is 11.3 Å². The zero-order valence-corrected chi connectivity index (χ0v) is 20.2. The number of imidazole rings is 1. The number of thiazole rings is 2. The van der Waals surface area contributed by atoms with Gasteiger partial charge in [-0.15, -0.1) is 22.7 Å². The lowest BCUT2D eigenvalue weighted by Crippen LogP contribution is -2.13. The molecule has 1 N–H and O–H groups in total. The number of fused-ring (bicyclic) bond motifs is 2. The lowest BCUT2D eigenvalue weighted by Gasteiger charge is -2.05. The zero-order valence-electron chi connectivity index (χ0n) is 18.6. The highest BCUT2D eigenvalue weighted by Crippen LogP contribution is 2.31. The van der Waals surface area contributed by atoms with E-state index >= 15 is 0 Å². The van der Waals surface area contributed by atoms with Crippen LogP contribution in [0.2, 0.25) is 0 Å². The Morgan fingerprint density at radius 1 is 0.882 bits per heavy atom. The van der Waals surface area contributed by atoms with Crippen LogP contribution >= 0.6 is 22.7 Å². The number of amides is 1. The first-order chi connectivity index (χ1) is 16.5. The number of hydrogen-bond donors (Lipinski definition) is 1. The number of anilines is 1. The Hall–Kier alpha value is -3.81. The largest absolute Gasteiger partial charge is 0.321 e. The Morgan fingerprint density at radius 2 is 1.62 bits per heavy atom. The van der Waals surface area contributed by atoms with Gasteiger partial charge >= 0.3 is 0 Å². The number of carbonyl (C=O) groups is 1. The molecule has 0 aliphatic heterocycles. The third kappa shape index (κ3) is 3.79. The maximum Gasteiger partial charge on any atom is 0.273 e. The summed E-state index contributed by atoms with van der Waals surface area (Å²) in [6, 6.07) is 22.4. The van der Waals surface area contributed by atoms with Crippen molar-refractivity contribution in [3.05, 3.63) is 95.1 Å². The second-order valence-corrected chi connectivity index (χ2v) is 10.2. The molecule has 1 amide bonds.